The molecule has 73 heavy (non-hydrogen) atoms. The van der Waals surface area contributed by atoms with E-state index in [1.165, 1.54) is 23.1 Å². The second kappa shape index (κ2) is 22.5. The summed E-state index contributed by atoms with van der Waals surface area (Å²) in [6.07, 6.45) is 13.3. The number of carbonyl (C=O) groups excluding carboxylic acids is 3. The number of nitrogen functional groups attached to an aromatic ring is 1. The first kappa shape index (κ1) is 49.2. The number of rotatable bonds is 16. The largest absolute Gasteiger partial charge is 0.465 e. The molecule has 0 radical (unpaired) electrons. The summed E-state index contributed by atoms with van der Waals surface area (Å²) in [7, 11) is 0. The summed E-state index contributed by atoms with van der Waals surface area (Å²) in [6, 6.07) is 61.6. The third kappa shape index (κ3) is 10.5. The molecule has 0 bridgehead atoms. The van der Waals surface area contributed by atoms with Crippen LogP contribution in [0.4, 0.5) is 16.2 Å². The van der Waals surface area contributed by atoms with Crippen LogP contribution in [-0.4, -0.2) is 63.4 Å². The first-order valence-corrected chi connectivity index (χ1v) is 25.1. The summed E-state index contributed by atoms with van der Waals surface area (Å²) in [4.78, 5) is 67.8. The number of allylic oxidation sites excluding steroid dienone is 3. The maximum atomic E-state index is 16.3. The normalized spacial score (nSPS) is 18.3. The van der Waals surface area contributed by atoms with Crippen molar-refractivity contribution in [1.29, 1.82) is 0 Å². The van der Waals surface area contributed by atoms with Crippen LogP contribution in [0.5, 0.6) is 0 Å². The molecule has 3 N–H and O–H groups in total. The van der Waals surface area contributed by atoms with Gasteiger partial charge in [-0.2, -0.15) is 0 Å². The van der Waals surface area contributed by atoms with Crippen molar-refractivity contribution < 1.29 is 24.3 Å². The monoisotopic (exact) mass is 975 g/mol. The van der Waals surface area contributed by atoms with Gasteiger partial charge in [-0.25, -0.2) is 4.79 Å². The zero-order chi connectivity index (χ0) is 50.6. The van der Waals surface area contributed by atoms with Gasteiger partial charge >= 0.3 is 6.09 Å². The fourth-order valence-corrected chi connectivity index (χ4v) is 11.2. The summed E-state index contributed by atoms with van der Waals surface area (Å²) >= 11 is 1.59. The smallest absolute Gasteiger partial charge is 0.408 e. The van der Waals surface area contributed by atoms with Gasteiger partial charge in [-0.05, 0) is 94.5 Å². The van der Waals surface area contributed by atoms with Crippen LogP contribution in [0.15, 0.2) is 240 Å². The summed E-state index contributed by atoms with van der Waals surface area (Å²) in [5.74, 6) is -1.09. The number of amides is 1. The number of hydrogen-bond donors (Lipinski definition) is 2. The van der Waals surface area contributed by atoms with E-state index in [4.69, 9.17) is 5.73 Å². The van der Waals surface area contributed by atoms with E-state index in [0.717, 1.165) is 21.6 Å². The summed E-state index contributed by atoms with van der Waals surface area (Å²) in [5.41, 5.74) is 7.62. The number of thioether (sulfide) groups is 1. The van der Waals surface area contributed by atoms with Crippen molar-refractivity contribution in [2.45, 2.75) is 22.4 Å². The van der Waals surface area contributed by atoms with Crippen molar-refractivity contribution in [3.63, 3.8) is 0 Å². The standard InChI is InChI=1S/C64H53N3O5S/c65-53-34-35-57-61(46-53)73-42-41-66(57)63(54(43-50-25-13-4-14-26-50)58(68)36-31-47-19-7-1-8-20-47)39-40-67(62(71)72)64(63,55(44-51-27-15-5-16-28-51)59(69)37-32-48-21-9-2-10-22-48)56(45-52-29-17-6-18-30-52)60(70)38-33-49-23-11-3-12-24-49/h1-38,43-46H,39-42,65H2,(H,71,72). The van der Waals surface area contributed by atoms with E-state index in [-0.39, 0.29) is 36.2 Å². The lowest BCUT2D eigenvalue weighted by atomic mass is 9.59. The molecule has 1 atom stereocenters. The number of fused-ring (bicyclic) bond motifs is 1. The van der Waals surface area contributed by atoms with Gasteiger partial charge in [0.2, 0.25) is 0 Å². The van der Waals surface area contributed by atoms with Gasteiger partial charge in [0.25, 0.3) is 0 Å². The van der Waals surface area contributed by atoms with Gasteiger partial charge < -0.3 is 15.7 Å². The molecule has 0 aromatic heterocycles. The van der Waals surface area contributed by atoms with E-state index >= 15 is 14.4 Å². The van der Waals surface area contributed by atoms with Crippen molar-refractivity contribution in [2.24, 2.45) is 0 Å². The number of ketones is 3. The highest BCUT2D eigenvalue weighted by molar-refractivity contribution is 7.99. The Morgan fingerprint density at radius 1 is 0.479 bits per heavy atom. The van der Waals surface area contributed by atoms with Crippen LogP contribution < -0.4 is 10.6 Å². The molecule has 360 valence electrons. The van der Waals surface area contributed by atoms with Crippen LogP contribution in [0.2, 0.25) is 0 Å². The highest BCUT2D eigenvalue weighted by atomic mass is 32.2. The molecule has 1 unspecified atom stereocenters. The van der Waals surface area contributed by atoms with Crippen molar-refractivity contribution in [2.75, 3.05) is 29.5 Å². The first-order valence-electron chi connectivity index (χ1n) is 24.1. The molecule has 2 aliphatic heterocycles. The van der Waals surface area contributed by atoms with Gasteiger partial charge in [0.15, 0.2) is 17.3 Å². The maximum absolute atomic E-state index is 16.3. The SMILES string of the molecule is Nc1ccc2c(c1)SCCN2C1(C(=Cc2ccccc2)C(=O)C=Cc2ccccc2)CCN(C(=O)O)C1(C(=Cc1ccccc1)C(=O)C=Cc1ccccc1)C(=Cc1ccccc1)C(=O)C=Cc1ccccc1. The highest BCUT2D eigenvalue weighted by Gasteiger charge is 2.71. The molecule has 1 saturated heterocycles. The summed E-state index contributed by atoms with van der Waals surface area (Å²) < 4.78 is 0. The Labute approximate surface area is 430 Å². The Bertz CT molecular complexity index is 3180. The van der Waals surface area contributed by atoms with Crippen LogP contribution >= 0.6 is 11.8 Å². The number of carboxylic acid groups (broad SMARTS) is 1. The molecule has 7 aromatic rings. The first-order chi connectivity index (χ1) is 35.7. The number of anilines is 2. The lowest BCUT2D eigenvalue weighted by molar-refractivity contribution is -0.115. The molecule has 7 aromatic carbocycles. The molecule has 2 aliphatic rings. The van der Waals surface area contributed by atoms with Gasteiger partial charge in [0.05, 0.1) is 5.69 Å². The second-order valence-corrected chi connectivity index (χ2v) is 18.8. The predicted molar refractivity (Wildman–Crippen MR) is 298 cm³/mol. The minimum Gasteiger partial charge on any atom is -0.465 e. The quantitative estimate of drug-likeness (QED) is 0.0725. The average Bonchev–Trinajstić information content (AvgIpc) is 3.82. The van der Waals surface area contributed by atoms with E-state index in [9.17, 15) is 9.90 Å². The topological polar surface area (TPSA) is 121 Å². The van der Waals surface area contributed by atoms with Crippen molar-refractivity contribution >= 4 is 83.0 Å². The molecule has 9 heteroatoms. The van der Waals surface area contributed by atoms with Gasteiger partial charge in [-0.3, -0.25) is 19.3 Å². The number of nitrogens with two attached hydrogens (primary N) is 1. The number of likely N-dealkylation sites (tertiary alicyclic amines) is 1. The van der Waals surface area contributed by atoms with Crippen molar-refractivity contribution in [3.8, 4) is 0 Å². The molecule has 1 amide bonds. The van der Waals surface area contributed by atoms with Crippen molar-refractivity contribution in [1.82, 2.24) is 4.90 Å². The second-order valence-electron chi connectivity index (χ2n) is 17.7. The molecule has 0 saturated carbocycles. The Hall–Kier alpha value is -8.79. The fraction of sp³-hybridized carbons (Fsp3) is 0.0938. The molecule has 0 aliphatic carbocycles. The Kier molecular flexibility index (Phi) is 15.2. The van der Waals surface area contributed by atoms with Crippen LogP contribution in [0.1, 0.15) is 39.8 Å². The Morgan fingerprint density at radius 2 is 0.849 bits per heavy atom. The molecule has 8 nitrogen and oxygen atoms in total. The maximum Gasteiger partial charge on any atom is 0.408 e. The van der Waals surface area contributed by atoms with E-state index in [1.54, 1.807) is 48.2 Å². The molecule has 9 rings (SSSR count). The molecule has 2 heterocycles. The average molecular weight is 976 g/mol. The highest BCUT2D eigenvalue weighted by Crippen LogP contribution is 2.59. The van der Waals surface area contributed by atoms with E-state index in [2.05, 4.69) is 4.90 Å². The third-order valence-corrected chi connectivity index (χ3v) is 14.3. The lowest BCUT2D eigenvalue weighted by Crippen LogP contribution is -2.72. The molecular formula is C64H53N3O5S. The number of nitrogens with zero attached hydrogens (tertiary/aromatic N) is 2. The Balaban J connectivity index is 1.51. The van der Waals surface area contributed by atoms with Crippen LogP contribution in [0.3, 0.4) is 0 Å². The van der Waals surface area contributed by atoms with E-state index < -0.39 is 34.5 Å². The van der Waals surface area contributed by atoms with Gasteiger partial charge in [-0.15, -0.1) is 11.8 Å². The van der Waals surface area contributed by atoms with Gasteiger partial charge in [0.1, 0.15) is 11.1 Å². The lowest BCUT2D eigenvalue weighted by Gasteiger charge is -2.57. The van der Waals surface area contributed by atoms with Gasteiger partial charge in [0, 0.05) is 46.1 Å². The van der Waals surface area contributed by atoms with Crippen LogP contribution in [0, 0.1) is 0 Å². The zero-order valence-electron chi connectivity index (χ0n) is 40.0. The predicted octanol–water partition coefficient (Wildman–Crippen LogP) is 13.1. The minimum atomic E-state index is -2.32. The number of benzene rings is 7. The van der Waals surface area contributed by atoms with E-state index in [0.29, 0.717) is 33.8 Å². The van der Waals surface area contributed by atoms with Gasteiger partial charge in [-0.1, -0.05) is 200 Å². The van der Waals surface area contributed by atoms with Crippen LogP contribution in [-0.2, 0) is 14.4 Å². The third-order valence-electron chi connectivity index (χ3n) is 13.3. The van der Waals surface area contributed by atoms with Crippen LogP contribution in [0.25, 0.3) is 36.5 Å². The van der Waals surface area contributed by atoms with E-state index in [1.807, 2.05) is 200 Å². The number of carbonyl (C=O) groups is 4. The molecule has 1 fully saturated rings. The minimum absolute atomic E-state index is 0.0385. The molecule has 0 spiro atoms. The van der Waals surface area contributed by atoms with Crippen molar-refractivity contribution in [3.05, 3.63) is 269 Å². The zero-order valence-corrected chi connectivity index (χ0v) is 40.9. The molecular weight excluding hydrogens is 923 g/mol. The summed E-state index contributed by atoms with van der Waals surface area (Å²) in [5, 5.41) is 12.1. The number of hydrogen-bond acceptors (Lipinski definition) is 7. The summed E-state index contributed by atoms with van der Waals surface area (Å²) in [6.45, 7) is 0.0760. The fourth-order valence-electron chi connectivity index (χ4n) is 10.1. The Morgan fingerprint density at radius 3 is 1.25 bits per heavy atom.